The molecular formula is C10H15Cl2N5. The van der Waals surface area contributed by atoms with Crippen LogP contribution in [0, 0.1) is 0 Å². The van der Waals surface area contributed by atoms with Crippen LogP contribution in [0.25, 0.3) is 0 Å². The van der Waals surface area contributed by atoms with Gasteiger partial charge in [0.25, 0.3) is 0 Å². The Morgan fingerprint density at radius 2 is 1.59 bits per heavy atom. The Labute approximate surface area is 111 Å². The lowest BCUT2D eigenvalue weighted by Crippen LogP contribution is -2.47. The standard InChI is InChI=1S/C10H15Cl2N5/c1-2-3-16-4-6-17(7-5-16)10-14-8(11)13-9(12)15-10/h2-7H2,1H3. The molecule has 1 fully saturated rings. The lowest BCUT2D eigenvalue weighted by Gasteiger charge is -2.34. The maximum absolute atomic E-state index is 5.76. The molecule has 0 aromatic carbocycles. The molecule has 0 N–H and O–H groups in total. The minimum Gasteiger partial charge on any atom is -0.338 e. The molecule has 1 aliphatic heterocycles. The molecule has 0 spiro atoms. The zero-order chi connectivity index (χ0) is 12.3. The molecule has 1 aromatic heterocycles. The molecule has 5 nitrogen and oxygen atoms in total. The number of hydrogen-bond donors (Lipinski definition) is 0. The Hall–Kier alpha value is -0.650. The van der Waals surface area contributed by atoms with Gasteiger partial charge in [0, 0.05) is 26.2 Å². The van der Waals surface area contributed by atoms with Gasteiger partial charge in [-0.3, -0.25) is 4.90 Å². The van der Waals surface area contributed by atoms with E-state index in [1.165, 1.54) is 6.42 Å². The third kappa shape index (κ3) is 3.40. The van der Waals surface area contributed by atoms with Gasteiger partial charge in [0.2, 0.25) is 16.5 Å². The first-order chi connectivity index (χ1) is 8.19. The normalized spacial score (nSPS) is 17.5. The topological polar surface area (TPSA) is 45.2 Å². The predicted molar refractivity (Wildman–Crippen MR) is 68.8 cm³/mol. The van der Waals surface area contributed by atoms with Crippen LogP contribution in [-0.4, -0.2) is 52.6 Å². The first kappa shape index (κ1) is 12.8. The number of hydrogen-bond acceptors (Lipinski definition) is 5. The minimum absolute atomic E-state index is 0.149. The lowest BCUT2D eigenvalue weighted by molar-refractivity contribution is 0.257. The molecule has 0 aliphatic carbocycles. The average Bonchev–Trinajstić information content (AvgIpc) is 2.29. The Morgan fingerprint density at radius 1 is 1.00 bits per heavy atom. The maximum atomic E-state index is 5.76. The smallest absolute Gasteiger partial charge is 0.231 e. The fourth-order valence-corrected chi connectivity index (χ4v) is 2.30. The molecule has 1 aliphatic rings. The Kier molecular flexibility index (Phi) is 4.36. The van der Waals surface area contributed by atoms with Crippen LogP contribution in [0.15, 0.2) is 0 Å². The number of rotatable bonds is 3. The number of nitrogens with zero attached hydrogens (tertiary/aromatic N) is 5. The van der Waals surface area contributed by atoms with E-state index in [4.69, 9.17) is 23.2 Å². The molecule has 0 atom stereocenters. The van der Waals surface area contributed by atoms with Crippen molar-refractivity contribution in [2.24, 2.45) is 0 Å². The largest absolute Gasteiger partial charge is 0.338 e. The second-order valence-electron chi connectivity index (χ2n) is 4.00. The second-order valence-corrected chi connectivity index (χ2v) is 4.68. The molecular weight excluding hydrogens is 261 g/mol. The SMILES string of the molecule is CCCN1CCN(c2nc(Cl)nc(Cl)n2)CC1. The van der Waals surface area contributed by atoms with Crippen LogP contribution in [0.3, 0.4) is 0 Å². The van der Waals surface area contributed by atoms with Gasteiger partial charge >= 0.3 is 0 Å². The summed E-state index contributed by atoms with van der Waals surface area (Å²) in [5.41, 5.74) is 0. The molecule has 0 radical (unpaired) electrons. The van der Waals surface area contributed by atoms with Crippen molar-refractivity contribution >= 4 is 29.2 Å². The maximum Gasteiger partial charge on any atom is 0.231 e. The average molecular weight is 276 g/mol. The highest BCUT2D eigenvalue weighted by atomic mass is 35.5. The van der Waals surface area contributed by atoms with Gasteiger partial charge in [0.1, 0.15) is 0 Å². The zero-order valence-electron chi connectivity index (χ0n) is 9.73. The molecule has 2 rings (SSSR count). The van der Waals surface area contributed by atoms with Crippen molar-refractivity contribution in [1.82, 2.24) is 19.9 Å². The minimum atomic E-state index is 0.149. The highest BCUT2D eigenvalue weighted by molar-refractivity contribution is 6.31. The van der Waals surface area contributed by atoms with Crippen LogP contribution in [0.2, 0.25) is 10.6 Å². The van der Waals surface area contributed by atoms with Gasteiger partial charge in [-0.25, -0.2) is 0 Å². The summed E-state index contributed by atoms with van der Waals surface area (Å²) in [6.07, 6.45) is 1.18. The summed E-state index contributed by atoms with van der Waals surface area (Å²) in [7, 11) is 0. The monoisotopic (exact) mass is 275 g/mol. The molecule has 0 bridgehead atoms. The zero-order valence-corrected chi connectivity index (χ0v) is 11.2. The Balaban J connectivity index is 2.00. The Morgan fingerprint density at radius 3 is 2.12 bits per heavy atom. The molecule has 94 valence electrons. The van der Waals surface area contributed by atoms with E-state index >= 15 is 0 Å². The molecule has 1 saturated heterocycles. The van der Waals surface area contributed by atoms with E-state index in [-0.39, 0.29) is 10.6 Å². The number of halogens is 2. The van der Waals surface area contributed by atoms with Crippen molar-refractivity contribution < 1.29 is 0 Å². The van der Waals surface area contributed by atoms with E-state index in [2.05, 4.69) is 31.7 Å². The molecule has 2 heterocycles. The molecule has 7 heteroatoms. The van der Waals surface area contributed by atoms with E-state index in [1.54, 1.807) is 0 Å². The first-order valence-corrected chi connectivity index (χ1v) is 6.49. The highest BCUT2D eigenvalue weighted by Gasteiger charge is 2.19. The van der Waals surface area contributed by atoms with Crippen LogP contribution in [0.5, 0.6) is 0 Å². The molecule has 0 unspecified atom stereocenters. The van der Waals surface area contributed by atoms with E-state index in [9.17, 15) is 0 Å². The summed E-state index contributed by atoms with van der Waals surface area (Å²) >= 11 is 11.5. The Bertz CT molecular complexity index is 359. The van der Waals surface area contributed by atoms with E-state index in [0.717, 1.165) is 32.7 Å². The third-order valence-corrected chi connectivity index (χ3v) is 3.10. The van der Waals surface area contributed by atoms with Crippen LogP contribution >= 0.6 is 23.2 Å². The molecule has 1 aromatic rings. The number of aromatic nitrogens is 3. The second kappa shape index (κ2) is 5.80. The lowest BCUT2D eigenvalue weighted by atomic mass is 10.3. The van der Waals surface area contributed by atoms with Gasteiger partial charge in [-0.2, -0.15) is 15.0 Å². The molecule has 17 heavy (non-hydrogen) atoms. The molecule has 0 amide bonds. The van der Waals surface area contributed by atoms with Crippen molar-refractivity contribution in [2.75, 3.05) is 37.6 Å². The van der Waals surface area contributed by atoms with E-state index in [0.29, 0.717) is 5.95 Å². The van der Waals surface area contributed by atoms with Gasteiger partial charge < -0.3 is 4.90 Å². The van der Waals surface area contributed by atoms with E-state index < -0.39 is 0 Å². The third-order valence-electron chi connectivity index (χ3n) is 2.76. The van der Waals surface area contributed by atoms with Crippen molar-refractivity contribution in [3.8, 4) is 0 Å². The van der Waals surface area contributed by atoms with Gasteiger partial charge in [-0.05, 0) is 36.2 Å². The summed E-state index contributed by atoms with van der Waals surface area (Å²) in [4.78, 5) is 16.5. The van der Waals surface area contributed by atoms with Crippen molar-refractivity contribution in [1.29, 1.82) is 0 Å². The first-order valence-electron chi connectivity index (χ1n) is 5.73. The summed E-state index contributed by atoms with van der Waals surface area (Å²) < 4.78 is 0. The van der Waals surface area contributed by atoms with Crippen molar-refractivity contribution in [2.45, 2.75) is 13.3 Å². The van der Waals surface area contributed by atoms with Crippen LogP contribution < -0.4 is 4.90 Å². The van der Waals surface area contributed by atoms with Gasteiger partial charge in [-0.15, -0.1) is 0 Å². The van der Waals surface area contributed by atoms with Crippen molar-refractivity contribution in [3.63, 3.8) is 0 Å². The van der Waals surface area contributed by atoms with Crippen LogP contribution in [0.4, 0.5) is 5.95 Å². The predicted octanol–water partition coefficient (Wildman–Crippen LogP) is 1.71. The fourth-order valence-electron chi connectivity index (χ4n) is 1.95. The van der Waals surface area contributed by atoms with Crippen molar-refractivity contribution in [3.05, 3.63) is 10.6 Å². The van der Waals surface area contributed by atoms with E-state index in [1.807, 2.05) is 0 Å². The highest BCUT2D eigenvalue weighted by Crippen LogP contribution is 2.15. The van der Waals surface area contributed by atoms with Crippen LogP contribution in [-0.2, 0) is 0 Å². The molecule has 0 saturated carbocycles. The van der Waals surface area contributed by atoms with Crippen LogP contribution in [0.1, 0.15) is 13.3 Å². The van der Waals surface area contributed by atoms with Gasteiger partial charge in [0.05, 0.1) is 0 Å². The summed E-state index contributed by atoms with van der Waals surface area (Å²) in [6, 6.07) is 0. The quantitative estimate of drug-likeness (QED) is 0.841. The van der Waals surface area contributed by atoms with Gasteiger partial charge in [0.15, 0.2) is 0 Å². The summed E-state index contributed by atoms with van der Waals surface area (Å²) in [6.45, 7) is 7.18. The fraction of sp³-hybridized carbons (Fsp3) is 0.700. The number of anilines is 1. The summed E-state index contributed by atoms with van der Waals surface area (Å²) in [5.74, 6) is 0.575. The number of piperazine rings is 1. The summed E-state index contributed by atoms with van der Waals surface area (Å²) in [5, 5.41) is 0.298. The van der Waals surface area contributed by atoms with Gasteiger partial charge in [-0.1, -0.05) is 6.92 Å².